The molecule has 2 aromatic rings. The average Bonchev–Trinajstić information content (AvgIpc) is 2.66. The van der Waals surface area contributed by atoms with Gasteiger partial charge >= 0.3 is 0 Å². The zero-order chi connectivity index (χ0) is 22.3. The molecule has 0 saturated carbocycles. The standard InChI is InChI=1S/C22H26BrN3O3S/c1-14-7-5-6-8-15(14)11-19(27)24-21(30)26-25-20(28)13-29-18-10-9-16(12-17(18)23)22(2,3)4/h5-10,12H,11,13H2,1-4H3,(H,25,28)(H2,24,26,27,30). The predicted octanol–water partition coefficient (Wildman–Crippen LogP) is 3.70. The average molecular weight is 492 g/mol. The molecular formula is C22H26BrN3O3S. The number of nitrogens with one attached hydrogen (secondary N) is 3. The highest BCUT2D eigenvalue weighted by Gasteiger charge is 2.16. The third-order valence-corrected chi connectivity index (χ3v) is 5.16. The number of carbonyl (C=O) groups is 2. The number of hydrogen-bond donors (Lipinski definition) is 3. The highest BCUT2D eigenvalue weighted by atomic mass is 79.9. The molecule has 2 amide bonds. The minimum atomic E-state index is -0.433. The van der Waals surface area contributed by atoms with E-state index in [9.17, 15) is 9.59 Å². The van der Waals surface area contributed by atoms with Crippen molar-refractivity contribution in [2.45, 2.75) is 39.5 Å². The maximum absolute atomic E-state index is 12.1. The first-order chi connectivity index (χ1) is 14.1. The van der Waals surface area contributed by atoms with Crippen LogP contribution >= 0.6 is 28.1 Å². The van der Waals surface area contributed by atoms with E-state index >= 15 is 0 Å². The molecular weight excluding hydrogens is 466 g/mol. The van der Waals surface area contributed by atoms with E-state index in [-0.39, 0.29) is 29.5 Å². The molecule has 0 aliphatic heterocycles. The smallest absolute Gasteiger partial charge is 0.276 e. The van der Waals surface area contributed by atoms with Crippen molar-refractivity contribution in [3.8, 4) is 5.75 Å². The van der Waals surface area contributed by atoms with Gasteiger partial charge < -0.3 is 10.1 Å². The van der Waals surface area contributed by atoms with Crippen LogP contribution in [0.2, 0.25) is 0 Å². The van der Waals surface area contributed by atoms with Crippen molar-refractivity contribution in [2.75, 3.05) is 6.61 Å². The Morgan fingerprint density at radius 3 is 2.40 bits per heavy atom. The second-order valence-electron chi connectivity index (χ2n) is 7.84. The molecule has 2 rings (SSSR count). The predicted molar refractivity (Wildman–Crippen MR) is 125 cm³/mol. The van der Waals surface area contributed by atoms with Crippen LogP contribution in [0.3, 0.4) is 0 Å². The molecule has 2 aromatic carbocycles. The Bertz CT molecular complexity index is 941. The van der Waals surface area contributed by atoms with Gasteiger partial charge in [-0.15, -0.1) is 0 Å². The third-order valence-electron chi connectivity index (χ3n) is 4.34. The Kier molecular flexibility index (Phi) is 8.37. The fourth-order valence-electron chi connectivity index (χ4n) is 2.57. The summed E-state index contributed by atoms with van der Waals surface area (Å²) in [5, 5.41) is 2.54. The lowest BCUT2D eigenvalue weighted by Crippen LogP contribution is -2.50. The first kappa shape index (κ1) is 23.8. The van der Waals surface area contributed by atoms with Crippen LogP contribution < -0.4 is 20.9 Å². The van der Waals surface area contributed by atoms with Crippen LogP contribution in [0.1, 0.15) is 37.5 Å². The molecule has 3 N–H and O–H groups in total. The highest BCUT2D eigenvalue weighted by Crippen LogP contribution is 2.31. The third kappa shape index (κ3) is 7.42. The van der Waals surface area contributed by atoms with Gasteiger partial charge in [-0.2, -0.15) is 0 Å². The van der Waals surface area contributed by atoms with E-state index in [0.717, 1.165) is 21.2 Å². The quantitative estimate of drug-likeness (QED) is 0.438. The zero-order valence-corrected chi connectivity index (χ0v) is 19.9. The summed E-state index contributed by atoms with van der Waals surface area (Å²) in [6.45, 7) is 8.10. The topological polar surface area (TPSA) is 79.5 Å². The molecule has 0 aromatic heterocycles. The van der Waals surface area contributed by atoms with E-state index in [0.29, 0.717) is 5.75 Å². The van der Waals surface area contributed by atoms with Crippen molar-refractivity contribution in [2.24, 2.45) is 0 Å². The number of ether oxygens (including phenoxy) is 1. The molecule has 30 heavy (non-hydrogen) atoms. The van der Waals surface area contributed by atoms with Gasteiger partial charge in [0.25, 0.3) is 5.91 Å². The van der Waals surface area contributed by atoms with Crippen molar-refractivity contribution >= 4 is 45.1 Å². The van der Waals surface area contributed by atoms with Gasteiger partial charge in [0, 0.05) is 0 Å². The molecule has 0 heterocycles. The monoisotopic (exact) mass is 491 g/mol. The first-order valence-corrected chi connectivity index (χ1v) is 10.6. The van der Waals surface area contributed by atoms with Gasteiger partial charge in [-0.25, -0.2) is 0 Å². The second kappa shape index (κ2) is 10.5. The highest BCUT2D eigenvalue weighted by molar-refractivity contribution is 9.10. The van der Waals surface area contributed by atoms with Crippen LogP contribution in [-0.4, -0.2) is 23.5 Å². The number of benzene rings is 2. The van der Waals surface area contributed by atoms with Crippen LogP contribution in [0.25, 0.3) is 0 Å². The summed E-state index contributed by atoms with van der Waals surface area (Å²) in [6.07, 6.45) is 0.199. The SMILES string of the molecule is Cc1ccccc1CC(=O)NC(=S)NNC(=O)COc1ccc(C(C)(C)C)cc1Br. The summed E-state index contributed by atoms with van der Waals surface area (Å²) in [5.74, 6) is -0.139. The molecule has 6 nitrogen and oxygen atoms in total. The number of aryl methyl sites for hydroxylation is 1. The summed E-state index contributed by atoms with van der Waals surface area (Å²) >= 11 is 8.51. The number of hydrazine groups is 1. The van der Waals surface area contributed by atoms with Gasteiger partial charge in [-0.05, 0) is 69.3 Å². The van der Waals surface area contributed by atoms with E-state index < -0.39 is 5.91 Å². The van der Waals surface area contributed by atoms with Crippen molar-refractivity contribution in [3.05, 3.63) is 63.6 Å². The summed E-state index contributed by atoms with van der Waals surface area (Å²) < 4.78 is 6.32. The second-order valence-corrected chi connectivity index (χ2v) is 9.10. The van der Waals surface area contributed by atoms with Crippen LogP contribution in [0.15, 0.2) is 46.9 Å². The fraction of sp³-hybridized carbons (Fsp3) is 0.318. The van der Waals surface area contributed by atoms with Gasteiger partial charge in [0.05, 0.1) is 10.9 Å². The summed E-state index contributed by atoms with van der Waals surface area (Å²) in [5.41, 5.74) is 8.01. The lowest BCUT2D eigenvalue weighted by Gasteiger charge is -2.20. The van der Waals surface area contributed by atoms with Crippen molar-refractivity contribution < 1.29 is 14.3 Å². The van der Waals surface area contributed by atoms with E-state index in [1.807, 2.05) is 49.4 Å². The fourth-order valence-corrected chi connectivity index (χ4v) is 3.23. The number of hydrogen-bond acceptors (Lipinski definition) is 4. The lowest BCUT2D eigenvalue weighted by atomic mass is 9.87. The van der Waals surface area contributed by atoms with Crippen molar-refractivity contribution in [1.29, 1.82) is 0 Å². The molecule has 0 radical (unpaired) electrons. The Morgan fingerprint density at radius 2 is 1.77 bits per heavy atom. The number of rotatable bonds is 5. The summed E-state index contributed by atoms with van der Waals surface area (Å²) in [7, 11) is 0. The van der Waals surface area contributed by atoms with Gasteiger partial charge in [-0.1, -0.05) is 51.1 Å². The normalized spacial score (nSPS) is 10.8. The van der Waals surface area contributed by atoms with Crippen molar-refractivity contribution in [3.63, 3.8) is 0 Å². The van der Waals surface area contributed by atoms with Crippen molar-refractivity contribution in [1.82, 2.24) is 16.2 Å². The minimum Gasteiger partial charge on any atom is -0.483 e. The zero-order valence-electron chi connectivity index (χ0n) is 17.5. The van der Waals surface area contributed by atoms with Crippen LogP contribution in [0.4, 0.5) is 0 Å². The molecule has 0 aliphatic carbocycles. The van der Waals surface area contributed by atoms with E-state index in [2.05, 4.69) is 52.9 Å². The van der Waals surface area contributed by atoms with Gasteiger partial charge in [0.15, 0.2) is 11.7 Å². The number of thiocarbonyl (C=S) groups is 1. The van der Waals surface area contributed by atoms with Gasteiger partial charge in [-0.3, -0.25) is 20.4 Å². The first-order valence-electron chi connectivity index (χ1n) is 9.42. The van der Waals surface area contributed by atoms with Gasteiger partial charge in [0.2, 0.25) is 5.91 Å². The Balaban J connectivity index is 1.76. The van der Waals surface area contributed by atoms with Crippen LogP contribution in [0, 0.1) is 6.92 Å². The van der Waals surface area contributed by atoms with Crippen LogP contribution in [-0.2, 0) is 21.4 Å². The van der Waals surface area contributed by atoms with Gasteiger partial charge in [0.1, 0.15) is 5.75 Å². The molecule has 8 heteroatoms. The summed E-state index contributed by atoms with van der Waals surface area (Å²) in [6, 6.07) is 13.4. The lowest BCUT2D eigenvalue weighted by molar-refractivity contribution is -0.124. The Labute approximate surface area is 190 Å². The maximum Gasteiger partial charge on any atom is 0.276 e. The number of halogens is 1. The largest absolute Gasteiger partial charge is 0.483 e. The number of amides is 2. The Hall–Kier alpha value is -2.45. The number of carbonyl (C=O) groups excluding carboxylic acids is 2. The van der Waals surface area contributed by atoms with E-state index in [1.165, 1.54) is 0 Å². The Morgan fingerprint density at radius 1 is 1.07 bits per heavy atom. The van der Waals surface area contributed by atoms with E-state index in [1.54, 1.807) is 0 Å². The van der Waals surface area contributed by atoms with Crippen LogP contribution in [0.5, 0.6) is 5.75 Å². The molecule has 0 aliphatic rings. The molecule has 0 saturated heterocycles. The molecule has 0 spiro atoms. The maximum atomic E-state index is 12.1. The molecule has 0 unspecified atom stereocenters. The minimum absolute atomic E-state index is 0.0117. The molecule has 0 bridgehead atoms. The van der Waals surface area contributed by atoms with E-state index in [4.69, 9.17) is 17.0 Å². The summed E-state index contributed by atoms with van der Waals surface area (Å²) in [4.78, 5) is 24.1. The molecule has 0 atom stereocenters. The molecule has 160 valence electrons. The molecule has 0 fully saturated rings.